The van der Waals surface area contributed by atoms with Crippen molar-refractivity contribution < 1.29 is 9.53 Å². The van der Waals surface area contributed by atoms with E-state index < -0.39 is 6.09 Å². The molecule has 64 valence electrons. The zero-order valence-corrected chi connectivity index (χ0v) is 6.91. The van der Waals surface area contributed by atoms with E-state index in [9.17, 15) is 4.79 Å². The summed E-state index contributed by atoms with van der Waals surface area (Å²) in [6.45, 7) is 2.21. The van der Waals surface area contributed by atoms with Gasteiger partial charge in [0.2, 0.25) is 0 Å². The molecule has 3 nitrogen and oxygen atoms in total. The molecule has 1 aromatic rings. The number of benzene rings is 1. The first kappa shape index (κ1) is 8.59. The van der Waals surface area contributed by atoms with Crippen molar-refractivity contribution in [2.75, 3.05) is 0 Å². The van der Waals surface area contributed by atoms with Gasteiger partial charge in [-0.2, -0.15) is 0 Å². The summed E-state index contributed by atoms with van der Waals surface area (Å²) in [4.78, 5) is 10.3. The van der Waals surface area contributed by atoms with E-state index >= 15 is 0 Å². The minimum atomic E-state index is -0.738. The molecule has 0 aliphatic rings. The monoisotopic (exact) mass is 165 g/mol. The van der Waals surface area contributed by atoms with E-state index in [4.69, 9.17) is 5.73 Å². The van der Waals surface area contributed by atoms with Crippen molar-refractivity contribution in [2.45, 2.75) is 13.5 Å². The maximum Gasteiger partial charge on any atom is 0.404 e. The van der Waals surface area contributed by atoms with Gasteiger partial charge >= 0.3 is 6.09 Å². The zero-order chi connectivity index (χ0) is 8.97. The molecule has 0 spiro atoms. The largest absolute Gasteiger partial charge is 0.445 e. The lowest BCUT2D eigenvalue weighted by molar-refractivity contribution is 0.150. The predicted molar refractivity (Wildman–Crippen MR) is 45.6 cm³/mol. The smallest absolute Gasteiger partial charge is 0.404 e. The fourth-order valence-electron chi connectivity index (χ4n) is 0.921. The minimum absolute atomic E-state index is 0.252. The van der Waals surface area contributed by atoms with Crippen LogP contribution in [-0.2, 0) is 11.3 Å². The molecule has 0 saturated carbocycles. The quantitative estimate of drug-likeness (QED) is 0.723. The first-order valence-corrected chi connectivity index (χ1v) is 3.67. The molecule has 0 heterocycles. The summed E-state index contributed by atoms with van der Waals surface area (Å²) in [6, 6.07) is 7.69. The molecule has 3 heteroatoms. The molecule has 2 N–H and O–H groups in total. The Hall–Kier alpha value is -1.51. The number of carbonyl (C=O) groups is 1. The van der Waals surface area contributed by atoms with Crippen LogP contribution >= 0.6 is 0 Å². The number of hydrogen-bond donors (Lipinski definition) is 1. The van der Waals surface area contributed by atoms with Gasteiger partial charge in [0.25, 0.3) is 0 Å². The highest BCUT2D eigenvalue weighted by atomic mass is 16.5. The highest BCUT2D eigenvalue weighted by molar-refractivity contribution is 5.64. The maximum atomic E-state index is 10.3. The minimum Gasteiger partial charge on any atom is -0.445 e. The van der Waals surface area contributed by atoms with E-state index in [2.05, 4.69) is 4.74 Å². The van der Waals surface area contributed by atoms with E-state index in [1.807, 2.05) is 31.2 Å². The molecular weight excluding hydrogens is 154 g/mol. The second-order valence-electron chi connectivity index (χ2n) is 2.53. The van der Waals surface area contributed by atoms with Crippen LogP contribution in [0.5, 0.6) is 0 Å². The lowest BCUT2D eigenvalue weighted by Crippen LogP contribution is -2.12. The fraction of sp³-hybridized carbons (Fsp3) is 0.222. The van der Waals surface area contributed by atoms with Crippen LogP contribution in [0.3, 0.4) is 0 Å². The second-order valence-corrected chi connectivity index (χ2v) is 2.53. The van der Waals surface area contributed by atoms with Crippen LogP contribution in [-0.4, -0.2) is 6.09 Å². The van der Waals surface area contributed by atoms with E-state index in [-0.39, 0.29) is 6.61 Å². The lowest BCUT2D eigenvalue weighted by atomic mass is 10.1. The Morgan fingerprint density at radius 2 is 2.17 bits per heavy atom. The van der Waals surface area contributed by atoms with Crippen molar-refractivity contribution in [1.82, 2.24) is 0 Å². The van der Waals surface area contributed by atoms with Crippen molar-refractivity contribution in [3.8, 4) is 0 Å². The van der Waals surface area contributed by atoms with Gasteiger partial charge in [-0.25, -0.2) is 4.79 Å². The molecule has 0 unspecified atom stereocenters. The molecule has 1 aromatic carbocycles. The van der Waals surface area contributed by atoms with Crippen LogP contribution in [0.2, 0.25) is 0 Å². The molecule has 0 atom stereocenters. The first-order chi connectivity index (χ1) is 5.70. The van der Waals surface area contributed by atoms with Crippen molar-refractivity contribution in [3.05, 3.63) is 35.4 Å². The fourth-order valence-corrected chi connectivity index (χ4v) is 0.921. The van der Waals surface area contributed by atoms with Crippen molar-refractivity contribution in [3.63, 3.8) is 0 Å². The van der Waals surface area contributed by atoms with E-state index in [0.717, 1.165) is 11.1 Å². The van der Waals surface area contributed by atoms with Crippen LogP contribution in [0, 0.1) is 6.92 Å². The molecule has 1 rings (SSSR count). The Labute approximate surface area is 71.1 Å². The summed E-state index contributed by atoms with van der Waals surface area (Å²) in [5, 5.41) is 0. The number of ether oxygens (including phenoxy) is 1. The summed E-state index contributed by atoms with van der Waals surface area (Å²) in [5.74, 6) is 0. The standard InChI is InChI=1S/C9H11NO2/c1-7-4-2-3-5-8(7)6-12-9(10)11/h2-5H,6H2,1H3,(H2,10,11). The van der Waals surface area contributed by atoms with Gasteiger partial charge in [0.05, 0.1) is 0 Å². The molecule has 0 aliphatic carbocycles. The Morgan fingerprint density at radius 1 is 1.50 bits per heavy atom. The van der Waals surface area contributed by atoms with Crippen LogP contribution in [0.15, 0.2) is 24.3 Å². The van der Waals surface area contributed by atoms with Gasteiger partial charge in [-0.05, 0) is 18.1 Å². The summed E-state index contributed by atoms with van der Waals surface area (Å²) >= 11 is 0. The van der Waals surface area contributed by atoms with Crippen LogP contribution < -0.4 is 5.73 Å². The Morgan fingerprint density at radius 3 is 2.75 bits per heavy atom. The number of hydrogen-bond acceptors (Lipinski definition) is 2. The maximum absolute atomic E-state index is 10.3. The SMILES string of the molecule is Cc1ccccc1COC(N)=O. The number of carbonyl (C=O) groups excluding carboxylic acids is 1. The van der Waals surface area contributed by atoms with Crippen LogP contribution in [0.1, 0.15) is 11.1 Å². The number of primary amides is 1. The third kappa shape index (κ3) is 2.27. The van der Waals surface area contributed by atoms with Crippen molar-refractivity contribution >= 4 is 6.09 Å². The van der Waals surface area contributed by atoms with Gasteiger partial charge in [0.15, 0.2) is 0 Å². The lowest BCUT2D eigenvalue weighted by Gasteiger charge is -2.04. The van der Waals surface area contributed by atoms with Gasteiger partial charge in [0, 0.05) is 0 Å². The van der Waals surface area contributed by atoms with E-state index in [1.165, 1.54) is 0 Å². The summed E-state index contributed by atoms with van der Waals surface area (Å²) in [5.41, 5.74) is 6.91. The molecule has 0 fully saturated rings. The number of nitrogens with two attached hydrogens (primary N) is 1. The number of rotatable bonds is 2. The number of aryl methyl sites for hydroxylation is 1. The molecule has 0 radical (unpaired) electrons. The molecule has 0 aromatic heterocycles. The molecule has 12 heavy (non-hydrogen) atoms. The van der Waals surface area contributed by atoms with Gasteiger partial charge in [-0.1, -0.05) is 24.3 Å². The van der Waals surface area contributed by atoms with E-state index in [0.29, 0.717) is 0 Å². The predicted octanol–water partition coefficient (Wildman–Crippen LogP) is 1.59. The molecule has 0 aliphatic heterocycles. The Balaban J connectivity index is 2.63. The van der Waals surface area contributed by atoms with Crippen LogP contribution in [0.4, 0.5) is 4.79 Å². The highest BCUT2D eigenvalue weighted by Gasteiger charge is 1.98. The van der Waals surface area contributed by atoms with Crippen LogP contribution in [0.25, 0.3) is 0 Å². The molecular formula is C9H11NO2. The Kier molecular flexibility index (Phi) is 2.69. The average Bonchev–Trinajstić information content (AvgIpc) is 2.03. The van der Waals surface area contributed by atoms with Gasteiger partial charge in [-0.15, -0.1) is 0 Å². The third-order valence-corrected chi connectivity index (χ3v) is 1.63. The van der Waals surface area contributed by atoms with Crippen molar-refractivity contribution in [2.24, 2.45) is 5.73 Å². The summed E-state index contributed by atoms with van der Waals surface area (Å²) in [6.07, 6.45) is -0.738. The normalized spacial score (nSPS) is 9.42. The molecule has 1 amide bonds. The Bertz CT molecular complexity index is 284. The van der Waals surface area contributed by atoms with Gasteiger partial charge in [-0.3, -0.25) is 0 Å². The summed E-state index contributed by atoms with van der Waals surface area (Å²) < 4.78 is 4.65. The average molecular weight is 165 g/mol. The zero-order valence-electron chi connectivity index (χ0n) is 6.91. The van der Waals surface area contributed by atoms with E-state index in [1.54, 1.807) is 0 Å². The highest BCUT2D eigenvalue weighted by Crippen LogP contribution is 2.07. The van der Waals surface area contributed by atoms with Crippen molar-refractivity contribution in [1.29, 1.82) is 0 Å². The van der Waals surface area contributed by atoms with Gasteiger partial charge < -0.3 is 10.5 Å². The molecule has 0 bridgehead atoms. The summed E-state index contributed by atoms with van der Waals surface area (Å²) in [7, 11) is 0. The third-order valence-electron chi connectivity index (χ3n) is 1.63. The van der Waals surface area contributed by atoms with Gasteiger partial charge in [0.1, 0.15) is 6.61 Å². The first-order valence-electron chi connectivity index (χ1n) is 3.67. The molecule has 0 saturated heterocycles. The number of amides is 1. The second kappa shape index (κ2) is 3.76. The topological polar surface area (TPSA) is 52.3 Å².